The van der Waals surface area contributed by atoms with E-state index in [0.29, 0.717) is 44.1 Å². The van der Waals surface area contributed by atoms with Gasteiger partial charge in [-0.3, -0.25) is 14.8 Å². The Balaban J connectivity index is 2.13. The number of H-pyrrole nitrogens is 1. The van der Waals surface area contributed by atoms with Crippen molar-refractivity contribution in [2.75, 3.05) is 26.3 Å². The Morgan fingerprint density at radius 2 is 1.92 bits per heavy atom. The number of nitrogens with one attached hydrogen (secondary N) is 1. The molecule has 0 bridgehead atoms. The van der Waals surface area contributed by atoms with Gasteiger partial charge in [-0.25, -0.2) is 9.36 Å². The number of aromatic hydroxyl groups is 1. The highest BCUT2D eigenvalue weighted by atomic mass is 16.5. The van der Waals surface area contributed by atoms with Gasteiger partial charge in [0.15, 0.2) is 0 Å². The molecule has 8 nitrogen and oxygen atoms in total. The molecule has 1 saturated heterocycles. The van der Waals surface area contributed by atoms with E-state index in [9.17, 15) is 14.7 Å². The average Bonchev–Trinajstić information content (AvgIpc) is 2.62. The summed E-state index contributed by atoms with van der Waals surface area (Å²) in [6.07, 6.45) is 0.432. The number of nitrogens with zero attached hydrogens (tertiary/aromatic N) is 3. The highest BCUT2D eigenvalue weighted by molar-refractivity contribution is 6.01. The Kier molecular flexibility index (Phi) is 4.99. The van der Waals surface area contributed by atoms with E-state index in [-0.39, 0.29) is 5.56 Å². The van der Waals surface area contributed by atoms with E-state index < -0.39 is 17.1 Å². The molecule has 2 N–H and O–H groups in total. The van der Waals surface area contributed by atoms with Crippen molar-refractivity contribution in [3.05, 3.63) is 56.7 Å². The number of para-hydroxylation sites is 1. The van der Waals surface area contributed by atoms with E-state index in [1.807, 2.05) is 6.92 Å². The summed E-state index contributed by atoms with van der Waals surface area (Å²) in [5.41, 5.74) is -0.449. The van der Waals surface area contributed by atoms with Crippen LogP contribution in [0.3, 0.4) is 0 Å². The van der Waals surface area contributed by atoms with Gasteiger partial charge >= 0.3 is 5.69 Å². The first-order valence-corrected chi connectivity index (χ1v) is 8.16. The van der Waals surface area contributed by atoms with Crippen LogP contribution in [0, 0.1) is 0 Å². The highest BCUT2D eigenvalue weighted by Gasteiger charge is 2.20. The standard InChI is InChI=1S/C17H20N4O4/c1-2-13(19-20-8-10-25-11-9-20)14-15(22)18-17(24)21(16(14)23)12-6-4-3-5-7-12/h3-7,23H,2,8-11H2,1H3,(H,18,22,24)/b19-13+. The summed E-state index contributed by atoms with van der Waals surface area (Å²) >= 11 is 0. The van der Waals surface area contributed by atoms with Crippen molar-refractivity contribution in [3.63, 3.8) is 0 Å². The minimum Gasteiger partial charge on any atom is -0.493 e. The van der Waals surface area contributed by atoms with Gasteiger partial charge in [-0.05, 0) is 18.6 Å². The molecule has 0 radical (unpaired) electrons. The Hall–Kier alpha value is -2.87. The molecule has 0 unspecified atom stereocenters. The summed E-state index contributed by atoms with van der Waals surface area (Å²) in [7, 11) is 0. The molecule has 0 spiro atoms. The maximum atomic E-state index is 12.3. The van der Waals surface area contributed by atoms with Crippen molar-refractivity contribution in [2.24, 2.45) is 5.10 Å². The van der Waals surface area contributed by atoms with Crippen LogP contribution in [0.2, 0.25) is 0 Å². The minimum atomic E-state index is -0.695. The summed E-state index contributed by atoms with van der Waals surface area (Å²) in [4.78, 5) is 26.8. The normalized spacial score (nSPS) is 15.4. The molecule has 25 heavy (non-hydrogen) atoms. The van der Waals surface area contributed by atoms with Crippen LogP contribution in [0.4, 0.5) is 0 Å². The molecular formula is C17H20N4O4. The molecule has 3 rings (SSSR count). The third-order valence-corrected chi connectivity index (χ3v) is 3.97. The van der Waals surface area contributed by atoms with Crippen LogP contribution in [-0.2, 0) is 4.74 Å². The zero-order valence-electron chi connectivity index (χ0n) is 13.9. The van der Waals surface area contributed by atoms with E-state index in [4.69, 9.17) is 4.74 Å². The van der Waals surface area contributed by atoms with Gasteiger partial charge in [0.2, 0.25) is 5.88 Å². The van der Waals surface area contributed by atoms with Crippen molar-refractivity contribution in [1.82, 2.24) is 14.6 Å². The van der Waals surface area contributed by atoms with Crippen LogP contribution >= 0.6 is 0 Å². The van der Waals surface area contributed by atoms with Crippen LogP contribution in [0.15, 0.2) is 45.0 Å². The Morgan fingerprint density at radius 1 is 1.24 bits per heavy atom. The lowest BCUT2D eigenvalue weighted by Gasteiger charge is -2.25. The maximum Gasteiger partial charge on any atom is 0.335 e. The van der Waals surface area contributed by atoms with Gasteiger partial charge in [-0.2, -0.15) is 5.10 Å². The van der Waals surface area contributed by atoms with Crippen LogP contribution in [0.5, 0.6) is 5.88 Å². The van der Waals surface area contributed by atoms with E-state index in [2.05, 4.69) is 10.1 Å². The lowest BCUT2D eigenvalue weighted by Crippen LogP contribution is -2.36. The van der Waals surface area contributed by atoms with Crippen molar-refractivity contribution in [3.8, 4) is 11.6 Å². The predicted molar refractivity (Wildman–Crippen MR) is 93.5 cm³/mol. The van der Waals surface area contributed by atoms with E-state index >= 15 is 0 Å². The number of rotatable bonds is 4. The summed E-state index contributed by atoms with van der Waals surface area (Å²) in [6, 6.07) is 8.64. The molecule has 0 atom stereocenters. The van der Waals surface area contributed by atoms with Gasteiger partial charge < -0.3 is 9.84 Å². The summed E-state index contributed by atoms with van der Waals surface area (Å²) in [5, 5.41) is 16.9. The lowest BCUT2D eigenvalue weighted by molar-refractivity contribution is 0.0393. The van der Waals surface area contributed by atoms with Gasteiger partial charge in [0.25, 0.3) is 5.56 Å². The maximum absolute atomic E-state index is 12.3. The fourth-order valence-electron chi connectivity index (χ4n) is 2.72. The van der Waals surface area contributed by atoms with Gasteiger partial charge in [-0.15, -0.1) is 0 Å². The van der Waals surface area contributed by atoms with Gasteiger partial charge in [-0.1, -0.05) is 25.1 Å². The molecule has 2 heterocycles. The molecule has 1 fully saturated rings. The number of aromatic amines is 1. The highest BCUT2D eigenvalue weighted by Crippen LogP contribution is 2.18. The minimum absolute atomic E-state index is 0.0115. The molecule has 2 aromatic rings. The molecule has 1 aliphatic heterocycles. The largest absolute Gasteiger partial charge is 0.493 e. The second kappa shape index (κ2) is 7.35. The van der Waals surface area contributed by atoms with Crippen molar-refractivity contribution in [1.29, 1.82) is 0 Å². The van der Waals surface area contributed by atoms with E-state index in [1.165, 1.54) is 0 Å². The number of hydrazone groups is 1. The number of aromatic nitrogens is 2. The van der Waals surface area contributed by atoms with Gasteiger partial charge in [0.1, 0.15) is 5.56 Å². The Morgan fingerprint density at radius 3 is 2.56 bits per heavy atom. The number of hydrogen-bond acceptors (Lipinski definition) is 6. The molecule has 1 aliphatic rings. The molecule has 1 aromatic carbocycles. The summed E-state index contributed by atoms with van der Waals surface area (Å²) in [6.45, 7) is 4.19. The van der Waals surface area contributed by atoms with Crippen molar-refractivity contribution >= 4 is 5.71 Å². The predicted octanol–water partition coefficient (Wildman–Crippen LogP) is 0.678. The SMILES string of the molecule is CC/C(=N\N1CCOCC1)c1c(O)n(-c2ccccc2)c(=O)[nH]c1=O. The van der Waals surface area contributed by atoms with E-state index in [0.717, 1.165) is 4.57 Å². The van der Waals surface area contributed by atoms with E-state index in [1.54, 1.807) is 35.3 Å². The van der Waals surface area contributed by atoms with Crippen LogP contribution in [0.25, 0.3) is 5.69 Å². The van der Waals surface area contributed by atoms with Gasteiger partial charge in [0, 0.05) is 0 Å². The zero-order valence-corrected chi connectivity index (χ0v) is 13.9. The number of benzene rings is 1. The average molecular weight is 344 g/mol. The first-order chi connectivity index (χ1) is 12.1. The van der Waals surface area contributed by atoms with Crippen LogP contribution in [-0.4, -0.2) is 51.7 Å². The molecule has 8 heteroatoms. The topological polar surface area (TPSA) is 99.9 Å². The second-order valence-corrected chi connectivity index (χ2v) is 5.60. The quantitative estimate of drug-likeness (QED) is 0.795. The first-order valence-electron chi connectivity index (χ1n) is 8.16. The van der Waals surface area contributed by atoms with Crippen molar-refractivity contribution < 1.29 is 9.84 Å². The monoisotopic (exact) mass is 344 g/mol. The van der Waals surface area contributed by atoms with Crippen LogP contribution < -0.4 is 11.2 Å². The Labute approximate surface area is 144 Å². The first kappa shape index (κ1) is 17.0. The third kappa shape index (κ3) is 3.48. The number of hydrogen-bond donors (Lipinski definition) is 2. The smallest absolute Gasteiger partial charge is 0.335 e. The molecular weight excluding hydrogens is 324 g/mol. The molecule has 132 valence electrons. The molecule has 1 aromatic heterocycles. The number of ether oxygens (including phenoxy) is 1. The fraction of sp³-hybridized carbons (Fsp3) is 0.353. The summed E-state index contributed by atoms with van der Waals surface area (Å²) in [5.74, 6) is -0.409. The van der Waals surface area contributed by atoms with Gasteiger partial charge in [0.05, 0.1) is 37.7 Å². The molecule has 0 amide bonds. The Bertz CT molecular complexity index is 880. The lowest BCUT2D eigenvalue weighted by atomic mass is 10.1. The zero-order chi connectivity index (χ0) is 17.8. The van der Waals surface area contributed by atoms with Crippen molar-refractivity contribution in [2.45, 2.75) is 13.3 Å². The number of morpholine rings is 1. The third-order valence-electron chi connectivity index (χ3n) is 3.97. The molecule has 0 saturated carbocycles. The molecule has 0 aliphatic carbocycles. The fourth-order valence-corrected chi connectivity index (χ4v) is 2.72. The van der Waals surface area contributed by atoms with Crippen LogP contribution in [0.1, 0.15) is 18.9 Å². The summed E-state index contributed by atoms with van der Waals surface area (Å²) < 4.78 is 6.36. The second-order valence-electron chi connectivity index (χ2n) is 5.60.